The molecule has 0 saturated carbocycles. The molecule has 0 aromatic carbocycles. The van der Waals surface area contributed by atoms with Crippen LogP contribution in [0.1, 0.15) is 0 Å². The summed E-state index contributed by atoms with van der Waals surface area (Å²) in [5.74, 6) is 0. The lowest BCUT2D eigenvalue weighted by molar-refractivity contribution is -0.0644. The van der Waals surface area contributed by atoms with Crippen LogP contribution in [0.2, 0.25) is 0 Å². The summed E-state index contributed by atoms with van der Waals surface area (Å²) in [6.45, 7) is 3.73. The number of likely N-dealkylation sites (tertiary alicyclic amines) is 1. The molecule has 0 atom stereocenters. The highest BCUT2D eigenvalue weighted by atomic mass is 19.3. The molecule has 2 nitrogen and oxygen atoms in total. The molecule has 11 heavy (non-hydrogen) atoms. The van der Waals surface area contributed by atoms with Crippen LogP contribution in [-0.4, -0.2) is 44.0 Å². The lowest BCUT2D eigenvalue weighted by Gasteiger charge is -2.56. The fraction of sp³-hybridized carbons (Fsp3) is 1.00. The van der Waals surface area contributed by atoms with Crippen molar-refractivity contribution in [3.05, 3.63) is 0 Å². The second-order valence-corrected chi connectivity index (χ2v) is 3.66. The fourth-order valence-electron chi connectivity index (χ4n) is 1.93. The maximum Gasteiger partial charge on any atom is 0.251 e. The molecule has 0 aromatic rings. The lowest BCUT2D eigenvalue weighted by Crippen LogP contribution is -2.71. The van der Waals surface area contributed by atoms with Crippen molar-refractivity contribution in [3.8, 4) is 0 Å². The normalized spacial score (nSPS) is 28.6. The third-order valence-corrected chi connectivity index (χ3v) is 2.51. The molecular weight excluding hydrogens is 150 g/mol. The van der Waals surface area contributed by atoms with Crippen LogP contribution in [-0.2, 0) is 0 Å². The van der Waals surface area contributed by atoms with Gasteiger partial charge in [0.25, 0.3) is 6.43 Å². The average molecular weight is 162 g/mol. The highest BCUT2D eigenvalue weighted by Crippen LogP contribution is 2.33. The minimum absolute atomic E-state index is 0.0399. The molecule has 4 heteroatoms. The summed E-state index contributed by atoms with van der Waals surface area (Å²) in [6, 6.07) is 0. The first kappa shape index (κ1) is 7.43. The Balaban J connectivity index is 1.71. The number of nitrogens with zero attached hydrogens (tertiary/aromatic N) is 1. The summed E-state index contributed by atoms with van der Waals surface area (Å²) in [5, 5.41) is 3.16. The molecule has 1 spiro atoms. The molecule has 0 unspecified atom stereocenters. The minimum Gasteiger partial charge on any atom is -0.315 e. The Bertz CT molecular complexity index is 149. The van der Waals surface area contributed by atoms with Gasteiger partial charge in [0.05, 0.1) is 6.54 Å². The van der Waals surface area contributed by atoms with E-state index in [1.807, 2.05) is 4.90 Å². The van der Waals surface area contributed by atoms with Crippen molar-refractivity contribution in [1.82, 2.24) is 10.2 Å². The molecule has 2 saturated heterocycles. The van der Waals surface area contributed by atoms with Crippen LogP contribution in [0.3, 0.4) is 0 Å². The third-order valence-electron chi connectivity index (χ3n) is 2.51. The monoisotopic (exact) mass is 162 g/mol. The van der Waals surface area contributed by atoms with E-state index in [0.717, 1.165) is 26.2 Å². The Morgan fingerprint density at radius 1 is 1.36 bits per heavy atom. The molecule has 2 rings (SSSR count). The average Bonchev–Trinajstić information content (AvgIpc) is 1.71. The predicted octanol–water partition coefficient (Wildman–Crippen LogP) is 0.157. The second kappa shape index (κ2) is 2.38. The zero-order chi connectivity index (χ0) is 7.90. The fourth-order valence-corrected chi connectivity index (χ4v) is 1.93. The zero-order valence-corrected chi connectivity index (χ0v) is 6.32. The van der Waals surface area contributed by atoms with Crippen LogP contribution in [0.5, 0.6) is 0 Å². The van der Waals surface area contributed by atoms with E-state index >= 15 is 0 Å². The van der Waals surface area contributed by atoms with Crippen molar-refractivity contribution >= 4 is 0 Å². The van der Waals surface area contributed by atoms with Gasteiger partial charge in [0.15, 0.2) is 0 Å². The van der Waals surface area contributed by atoms with Gasteiger partial charge < -0.3 is 5.32 Å². The van der Waals surface area contributed by atoms with Gasteiger partial charge in [0.1, 0.15) is 0 Å². The van der Waals surface area contributed by atoms with Crippen molar-refractivity contribution in [3.63, 3.8) is 0 Å². The Labute approximate surface area is 64.6 Å². The Hall–Kier alpha value is -0.220. The van der Waals surface area contributed by atoms with E-state index in [1.165, 1.54) is 0 Å². The van der Waals surface area contributed by atoms with Gasteiger partial charge in [0, 0.05) is 31.6 Å². The van der Waals surface area contributed by atoms with Gasteiger partial charge in [-0.2, -0.15) is 0 Å². The number of hydrogen-bond acceptors (Lipinski definition) is 2. The highest BCUT2D eigenvalue weighted by Gasteiger charge is 2.47. The van der Waals surface area contributed by atoms with Crippen LogP contribution < -0.4 is 5.32 Å². The van der Waals surface area contributed by atoms with Crippen LogP contribution in [0.25, 0.3) is 0 Å². The number of rotatable bonds is 2. The summed E-state index contributed by atoms with van der Waals surface area (Å²) in [7, 11) is 0. The SMILES string of the molecule is FC(F)CN1CC2(CNC2)C1. The molecule has 2 aliphatic heterocycles. The van der Waals surface area contributed by atoms with Crippen molar-refractivity contribution in [2.45, 2.75) is 6.43 Å². The molecule has 2 aliphatic rings. The van der Waals surface area contributed by atoms with Gasteiger partial charge in [-0.3, -0.25) is 4.90 Å². The topological polar surface area (TPSA) is 15.3 Å². The first-order valence-electron chi connectivity index (χ1n) is 3.91. The maximum atomic E-state index is 11.8. The third kappa shape index (κ3) is 1.25. The molecule has 2 heterocycles. The second-order valence-electron chi connectivity index (χ2n) is 3.66. The van der Waals surface area contributed by atoms with E-state index in [9.17, 15) is 8.78 Å². The lowest BCUT2D eigenvalue weighted by atomic mass is 9.74. The molecule has 0 aliphatic carbocycles. The molecule has 64 valence electrons. The summed E-state index contributed by atoms with van der Waals surface area (Å²) in [6.07, 6.45) is -2.17. The van der Waals surface area contributed by atoms with Crippen molar-refractivity contribution in [2.75, 3.05) is 32.7 Å². The number of nitrogens with one attached hydrogen (secondary N) is 1. The smallest absolute Gasteiger partial charge is 0.251 e. The Kier molecular flexibility index (Phi) is 1.61. The molecular formula is C7H12F2N2. The van der Waals surface area contributed by atoms with Crippen LogP contribution in [0, 0.1) is 5.41 Å². The van der Waals surface area contributed by atoms with Gasteiger partial charge in [0.2, 0.25) is 0 Å². The predicted molar refractivity (Wildman–Crippen MR) is 37.7 cm³/mol. The largest absolute Gasteiger partial charge is 0.315 e. The van der Waals surface area contributed by atoms with Crippen molar-refractivity contribution in [2.24, 2.45) is 5.41 Å². The number of halogens is 2. The van der Waals surface area contributed by atoms with Gasteiger partial charge >= 0.3 is 0 Å². The molecule has 1 N–H and O–H groups in total. The summed E-state index contributed by atoms with van der Waals surface area (Å²) < 4.78 is 23.6. The molecule has 0 amide bonds. The maximum absolute atomic E-state index is 11.8. The van der Waals surface area contributed by atoms with Crippen LogP contribution >= 0.6 is 0 Å². The molecule has 0 bridgehead atoms. The quantitative estimate of drug-likeness (QED) is 0.622. The highest BCUT2D eigenvalue weighted by molar-refractivity contribution is 5.03. The van der Waals surface area contributed by atoms with E-state index in [0.29, 0.717) is 5.41 Å². The first-order chi connectivity index (χ1) is 5.20. The van der Waals surface area contributed by atoms with E-state index in [2.05, 4.69) is 5.32 Å². The van der Waals surface area contributed by atoms with E-state index in [1.54, 1.807) is 0 Å². The summed E-state index contributed by atoms with van der Waals surface area (Å²) in [4.78, 5) is 1.82. The molecule has 0 aromatic heterocycles. The number of hydrogen-bond donors (Lipinski definition) is 1. The molecule has 2 fully saturated rings. The summed E-state index contributed by atoms with van der Waals surface area (Å²) >= 11 is 0. The zero-order valence-electron chi connectivity index (χ0n) is 6.32. The first-order valence-corrected chi connectivity index (χ1v) is 3.91. The summed E-state index contributed by atoms with van der Waals surface area (Å²) in [5.41, 5.74) is 0.384. The van der Waals surface area contributed by atoms with Crippen molar-refractivity contribution < 1.29 is 8.78 Å². The van der Waals surface area contributed by atoms with Gasteiger partial charge in [-0.25, -0.2) is 8.78 Å². The van der Waals surface area contributed by atoms with E-state index in [-0.39, 0.29) is 6.54 Å². The Morgan fingerprint density at radius 3 is 2.36 bits per heavy atom. The van der Waals surface area contributed by atoms with E-state index < -0.39 is 6.43 Å². The van der Waals surface area contributed by atoms with Gasteiger partial charge in [-0.05, 0) is 0 Å². The number of alkyl halides is 2. The Morgan fingerprint density at radius 2 is 2.00 bits per heavy atom. The van der Waals surface area contributed by atoms with E-state index in [4.69, 9.17) is 0 Å². The standard InChI is InChI=1S/C7H12F2N2/c8-6(9)1-11-4-7(5-11)2-10-3-7/h6,10H,1-5H2. The van der Waals surface area contributed by atoms with Gasteiger partial charge in [-0.1, -0.05) is 0 Å². The van der Waals surface area contributed by atoms with Crippen LogP contribution in [0.15, 0.2) is 0 Å². The van der Waals surface area contributed by atoms with Gasteiger partial charge in [-0.15, -0.1) is 0 Å². The minimum atomic E-state index is -2.17. The van der Waals surface area contributed by atoms with Crippen molar-refractivity contribution in [1.29, 1.82) is 0 Å². The molecule has 0 radical (unpaired) electrons. The van der Waals surface area contributed by atoms with Crippen LogP contribution in [0.4, 0.5) is 8.78 Å².